The van der Waals surface area contributed by atoms with E-state index in [0.29, 0.717) is 69.9 Å². The van der Waals surface area contributed by atoms with Gasteiger partial charge in [0.25, 0.3) is 11.8 Å². The van der Waals surface area contributed by atoms with Crippen molar-refractivity contribution in [3.8, 4) is 33.7 Å². The van der Waals surface area contributed by atoms with Crippen LogP contribution in [0.5, 0.6) is 0 Å². The van der Waals surface area contributed by atoms with Crippen molar-refractivity contribution in [1.82, 2.24) is 44.5 Å². The summed E-state index contributed by atoms with van der Waals surface area (Å²) in [5, 5.41) is 4.17. The molecular weight excluding hydrogens is 956 g/mol. The molecule has 7 rings (SSSR count). The van der Waals surface area contributed by atoms with Crippen molar-refractivity contribution in [2.24, 2.45) is 17.3 Å². The molecule has 0 spiro atoms. The van der Waals surface area contributed by atoms with Crippen LogP contribution in [0.1, 0.15) is 84.5 Å². The Morgan fingerprint density at radius 3 is 2.55 bits per heavy atom. The van der Waals surface area contributed by atoms with E-state index in [1.165, 1.54) is 16.7 Å². The standard InChI is InChI=1S/C50H66F3N9O7SSi/c1-29(2)36(26-68-32-24-60(25-32)40(63)16-18-48(6,7)59(8)9)43(64)55-37-22-39-56-44(70-57-39)31-14-15-38-34(21-31)35(23-47(4,5)28-69-46(66)49(71)17-12-20-62(58-49)45(37)65)42(61(38)27-50(51,52)53)33-13-11-19-54-41(33)30(3)67-10/h11,13-15,19,21,29-30,32,36-37,58H,12,17,20,22-28H2,1-10,71H3,(H,55,64)/t30-,36-,37-,49-/m0/s1. The molecule has 3 amide bonds. The summed E-state index contributed by atoms with van der Waals surface area (Å²) >= 11 is 1.07. The minimum atomic E-state index is -4.59. The lowest BCUT2D eigenvalue weighted by atomic mass is 9.84. The minimum Gasteiger partial charge on any atom is -0.464 e. The number of fused-ring (bicyclic) bond motifs is 6. The van der Waals surface area contributed by atoms with Crippen molar-refractivity contribution in [2.45, 2.75) is 116 Å². The Hall–Kier alpha value is -5.24. The predicted octanol–water partition coefficient (Wildman–Crippen LogP) is 4.68. The summed E-state index contributed by atoms with van der Waals surface area (Å²) in [5.74, 6) is 3.37. The molecule has 384 valence electrons. The maximum absolute atomic E-state index is 14.7. The van der Waals surface area contributed by atoms with E-state index < -0.39 is 64.7 Å². The topological polar surface area (TPSA) is 173 Å². The summed E-state index contributed by atoms with van der Waals surface area (Å²) in [7, 11) is 5.56. The smallest absolute Gasteiger partial charge is 0.406 e. The van der Waals surface area contributed by atoms with Gasteiger partial charge in [-0.15, -0.1) is 0 Å². The van der Waals surface area contributed by atoms with Gasteiger partial charge in [-0.2, -0.15) is 17.5 Å². The number of benzene rings is 1. The second-order valence-electron chi connectivity index (χ2n) is 21.0. The number of pyridine rings is 1. The average Bonchev–Trinajstić information content (AvgIpc) is 3.87. The number of carbonyl (C=O) groups excluding carboxylic acids is 4. The van der Waals surface area contributed by atoms with E-state index in [4.69, 9.17) is 19.2 Å². The third-order valence-electron chi connectivity index (χ3n) is 13.8. The Kier molecular flexibility index (Phi) is 15.9. The summed E-state index contributed by atoms with van der Waals surface area (Å²) in [4.78, 5) is 69.0. The van der Waals surface area contributed by atoms with Crippen LogP contribution >= 0.6 is 11.5 Å². The molecule has 0 saturated carbocycles. The van der Waals surface area contributed by atoms with Gasteiger partial charge in [-0.25, -0.2) is 10.4 Å². The Morgan fingerprint density at radius 1 is 1.14 bits per heavy atom. The molecule has 3 aromatic heterocycles. The molecule has 2 N–H and O–H groups in total. The van der Waals surface area contributed by atoms with Gasteiger partial charge in [0.1, 0.15) is 28.6 Å². The van der Waals surface area contributed by atoms with Crippen molar-refractivity contribution >= 4 is 56.4 Å². The molecule has 16 nitrogen and oxygen atoms in total. The first-order valence-electron chi connectivity index (χ1n) is 24.0. The highest BCUT2D eigenvalue weighted by molar-refractivity contribution is 7.09. The fraction of sp³-hybridized carbons (Fsp3) is 0.580. The first-order valence-corrected chi connectivity index (χ1v) is 25.8. The summed E-state index contributed by atoms with van der Waals surface area (Å²) < 4.78 is 67.9. The molecule has 2 saturated heterocycles. The lowest BCUT2D eigenvalue weighted by Gasteiger charge is -2.41. The zero-order valence-corrected chi connectivity index (χ0v) is 45.3. The van der Waals surface area contributed by atoms with Crippen molar-refractivity contribution < 1.29 is 46.6 Å². The van der Waals surface area contributed by atoms with Crippen LogP contribution in [0.4, 0.5) is 13.2 Å². The zero-order chi connectivity index (χ0) is 51.8. The van der Waals surface area contributed by atoms with Crippen LogP contribution in [-0.2, 0) is 52.8 Å². The van der Waals surface area contributed by atoms with Gasteiger partial charge in [0.05, 0.1) is 48.3 Å². The van der Waals surface area contributed by atoms with Crippen LogP contribution in [0.3, 0.4) is 0 Å². The van der Waals surface area contributed by atoms with Crippen molar-refractivity contribution in [3.05, 3.63) is 53.6 Å². The van der Waals surface area contributed by atoms with Gasteiger partial charge in [-0.05, 0) is 113 Å². The number of nitrogens with one attached hydrogen (secondary N) is 2. The highest BCUT2D eigenvalue weighted by Crippen LogP contribution is 2.43. The number of ether oxygens (including phenoxy) is 3. The number of rotatable bonds is 11. The quantitative estimate of drug-likeness (QED) is 0.121. The molecule has 0 radical (unpaired) electrons. The molecule has 4 atom stereocenters. The molecule has 71 heavy (non-hydrogen) atoms. The van der Waals surface area contributed by atoms with Gasteiger partial charge >= 0.3 is 12.1 Å². The van der Waals surface area contributed by atoms with Gasteiger partial charge < -0.3 is 29.0 Å². The molecule has 0 unspecified atom stereocenters. The first kappa shape index (κ1) is 53.6. The van der Waals surface area contributed by atoms with Crippen LogP contribution < -0.4 is 10.7 Å². The molecule has 1 aromatic carbocycles. The molecule has 21 heteroatoms. The van der Waals surface area contributed by atoms with E-state index in [0.717, 1.165) is 11.5 Å². The highest BCUT2D eigenvalue weighted by atomic mass is 32.1. The number of alkyl halides is 3. The second-order valence-corrected chi connectivity index (χ2v) is 23.5. The third kappa shape index (κ3) is 12.2. The molecule has 0 aliphatic carbocycles. The van der Waals surface area contributed by atoms with Crippen molar-refractivity contribution in [3.63, 3.8) is 0 Å². The maximum Gasteiger partial charge on any atom is 0.406 e. The Labute approximate surface area is 420 Å². The number of hydrogen-bond donors (Lipinski definition) is 2. The van der Waals surface area contributed by atoms with E-state index in [1.807, 2.05) is 66.6 Å². The van der Waals surface area contributed by atoms with Crippen molar-refractivity contribution in [2.75, 3.05) is 54.1 Å². The Balaban J connectivity index is 1.23. The Morgan fingerprint density at radius 2 is 1.87 bits per heavy atom. The lowest BCUT2D eigenvalue weighted by molar-refractivity contribution is -0.158. The van der Waals surface area contributed by atoms with Crippen LogP contribution in [0.15, 0.2) is 36.5 Å². The molecule has 2 fully saturated rings. The summed E-state index contributed by atoms with van der Waals surface area (Å²) in [6, 6.07) is 7.44. The fourth-order valence-electron chi connectivity index (χ4n) is 8.92. The average molecular weight is 1020 g/mol. The predicted molar refractivity (Wildman–Crippen MR) is 267 cm³/mol. The third-order valence-corrected chi connectivity index (χ3v) is 15.8. The van der Waals surface area contributed by atoms with E-state index >= 15 is 0 Å². The number of methoxy groups -OCH3 is 1. The van der Waals surface area contributed by atoms with Crippen LogP contribution in [-0.4, -0.2) is 151 Å². The molecule has 6 bridgehead atoms. The van der Waals surface area contributed by atoms with Crippen LogP contribution in [0.2, 0.25) is 0 Å². The maximum atomic E-state index is 14.7. The summed E-state index contributed by atoms with van der Waals surface area (Å²) in [6.45, 7) is 12.8. The SMILES string of the molecule is CO[C@@H](C)c1ncccc1-c1c2c3cc(ccc3n1CC(F)(F)F)-c1nc(ns1)C[C@H](NC(=O)[C@@H](COC1CN(C(=O)C#CC(C)(C)N(C)C)C1)C(C)C)C(=O)N1CCC[C@@]([SiH3])(N1)C(=O)OCC(C)(C)C2. The normalized spacial score (nSPS) is 21.1. The van der Waals surface area contributed by atoms with Gasteiger partial charge in [-0.1, -0.05) is 33.6 Å². The number of nitrogens with zero attached hydrogens (tertiary/aromatic N) is 7. The van der Waals surface area contributed by atoms with E-state index in [-0.39, 0.29) is 66.6 Å². The summed E-state index contributed by atoms with van der Waals surface area (Å²) in [6.07, 6.45) is -2.90. The number of likely N-dealkylation sites (tertiary alicyclic amines) is 1. The molecule has 6 heterocycles. The molecular formula is C50H66F3N9O7SSi. The highest BCUT2D eigenvalue weighted by Gasteiger charge is 2.44. The van der Waals surface area contributed by atoms with Gasteiger partial charge in [0.15, 0.2) is 0 Å². The monoisotopic (exact) mass is 1020 g/mol. The number of halogens is 3. The second kappa shape index (κ2) is 21.1. The van der Waals surface area contributed by atoms with Crippen LogP contribution in [0, 0.1) is 29.1 Å². The first-order chi connectivity index (χ1) is 33.3. The van der Waals surface area contributed by atoms with E-state index in [2.05, 4.69) is 31.9 Å². The Bertz CT molecular complexity index is 2710. The molecule has 3 aliphatic rings. The minimum absolute atomic E-state index is 0.0355. The van der Waals surface area contributed by atoms with Crippen LogP contribution in [0.25, 0.3) is 32.7 Å². The number of carbonyl (C=O) groups is 4. The number of esters is 1. The van der Waals surface area contributed by atoms with Gasteiger partial charge in [0.2, 0.25) is 5.91 Å². The van der Waals surface area contributed by atoms with Crippen molar-refractivity contribution in [1.29, 1.82) is 0 Å². The number of cyclic esters (lactones) is 1. The van der Waals surface area contributed by atoms with Gasteiger partial charge in [-0.3, -0.25) is 34.1 Å². The molecule has 3 aliphatic heterocycles. The fourth-order valence-corrected chi connectivity index (χ4v) is 10.4. The number of hydrazine groups is 1. The van der Waals surface area contributed by atoms with E-state index in [9.17, 15) is 32.3 Å². The number of hydrogen-bond acceptors (Lipinski definition) is 13. The van der Waals surface area contributed by atoms with Gasteiger partial charge in [0, 0.05) is 77.0 Å². The summed E-state index contributed by atoms with van der Waals surface area (Å²) in [5.41, 5.74) is 4.70. The van der Waals surface area contributed by atoms with E-state index in [1.54, 1.807) is 42.3 Å². The number of aromatic nitrogens is 4. The lowest BCUT2D eigenvalue weighted by Crippen LogP contribution is -2.67. The number of amides is 3. The zero-order valence-electron chi connectivity index (χ0n) is 42.5. The largest absolute Gasteiger partial charge is 0.464 e. The molecule has 4 aromatic rings.